The smallest absolute Gasteiger partial charge is 0.412 e. The number of amides is 1. The van der Waals surface area contributed by atoms with Crippen LogP contribution < -0.4 is 5.32 Å². The summed E-state index contributed by atoms with van der Waals surface area (Å²) in [6, 6.07) is 7.61. The van der Waals surface area contributed by atoms with Gasteiger partial charge in [-0.25, -0.2) is 24.2 Å². The maximum Gasteiger partial charge on any atom is 0.412 e. The molecule has 352 valence electrons. The van der Waals surface area contributed by atoms with Gasteiger partial charge in [0.15, 0.2) is 22.7 Å². The van der Waals surface area contributed by atoms with Crippen LogP contribution in [0.3, 0.4) is 0 Å². The number of aliphatic imine (C=N–C) groups is 1. The summed E-state index contributed by atoms with van der Waals surface area (Å²) in [7, 11) is 0. The van der Waals surface area contributed by atoms with Gasteiger partial charge in [-0.05, 0) is 151 Å². The summed E-state index contributed by atoms with van der Waals surface area (Å²) in [5, 5.41) is 13.4. The van der Waals surface area contributed by atoms with Crippen LogP contribution in [0.4, 0.5) is 31.1 Å². The van der Waals surface area contributed by atoms with Crippen molar-refractivity contribution in [3.63, 3.8) is 0 Å². The van der Waals surface area contributed by atoms with E-state index in [1.165, 1.54) is 6.08 Å². The van der Waals surface area contributed by atoms with Gasteiger partial charge in [-0.1, -0.05) is 24.3 Å². The van der Waals surface area contributed by atoms with Crippen LogP contribution in [0, 0.1) is 41.5 Å². The maximum atomic E-state index is 13.0. The number of rotatable bonds is 9. The van der Waals surface area contributed by atoms with E-state index in [4.69, 9.17) is 28.5 Å². The Morgan fingerprint density at radius 3 is 1.53 bits per heavy atom. The predicted octanol–water partition coefficient (Wildman–Crippen LogP) is 9.93. The summed E-state index contributed by atoms with van der Waals surface area (Å²) in [5.74, 6) is -1.19. The summed E-state index contributed by atoms with van der Waals surface area (Å²) in [6.07, 6.45) is -7.35. The van der Waals surface area contributed by atoms with Crippen LogP contribution in [0.2, 0.25) is 0 Å². The molecule has 2 fully saturated rings. The van der Waals surface area contributed by atoms with Gasteiger partial charge in [0, 0.05) is 13.1 Å². The second-order valence-electron chi connectivity index (χ2n) is 16.4. The number of isocyanates is 1. The number of halogens is 6. The molecule has 12 nitrogen and oxygen atoms in total. The number of hydrogen-bond donors (Lipinski definition) is 2. The number of alkyl carbamates (subject to hydrolysis) is 1. The first-order chi connectivity index (χ1) is 29.9. The van der Waals surface area contributed by atoms with Crippen molar-refractivity contribution in [3.05, 3.63) is 80.3 Å². The number of aryl methyl sites for hydroxylation is 6. The van der Waals surface area contributed by atoms with Crippen LogP contribution in [0.15, 0.2) is 40.8 Å². The molecule has 2 aromatic carbocycles. The topological polar surface area (TPSA) is 159 Å². The van der Waals surface area contributed by atoms with E-state index in [1.807, 2.05) is 65.8 Å². The summed E-state index contributed by atoms with van der Waals surface area (Å²) >= 11 is 0. The summed E-state index contributed by atoms with van der Waals surface area (Å²) in [5.41, 5.74) is 5.02. The number of ether oxygens (including phenoxy) is 5. The van der Waals surface area contributed by atoms with Gasteiger partial charge in [0.05, 0.1) is 12.2 Å². The molecule has 2 aliphatic carbocycles. The minimum Gasteiger partial charge on any atom is -0.507 e. The van der Waals surface area contributed by atoms with Gasteiger partial charge in [0.25, 0.3) is 0 Å². The van der Waals surface area contributed by atoms with Crippen molar-refractivity contribution >= 4 is 35.3 Å². The molecule has 2 aromatic rings. The number of esters is 2. The molecule has 2 saturated carbocycles. The summed E-state index contributed by atoms with van der Waals surface area (Å²) < 4.78 is 101. The highest BCUT2D eigenvalue weighted by Gasteiger charge is 2.54. The van der Waals surface area contributed by atoms with E-state index >= 15 is 0 Å². The number of benzene rings is 2. The lowest BCUT2D eigenvalue weighted by Gasteiger charge is -2.36. The van der Waals surface area contributed by atoms with Gasteiger partial charge in [0.1, 0.15) is 24.4 Å². The number of nitrogens with one attached hydrogen (secondary N) is 1. The third kappa shape index (κ3) is 12.7. The van der Waals surface area contributed by atoms with E-state index in [2.05, 4.69) is 10.3 Å². The van der Waals surface area contributed by atoms with Crippen LogP contribution in [-0.2, 0) is 38.1 Å². The second-order valence-corrected chi connectivity index (χ2v) is 16.4. The van der Waals surface area contributed by atoms with Crippen molar-refractivity contribution in [1.29, 1.82) is 0 Å². The average molecular weight is 911 g/mol. The molecule has 18 heteroatoms. The molecule has 0 radical (unpaired) electrons. The largest absolute Gasteiger partial charge is 0.507 e. The number of aliphatic hydroxyl groups excluding tert-OH is 1. The number of carbonyl (C=O) groups excluding carboxylic acids is 4. The normalized spacial score (nSPS) is 23.2. The Hall–Kier alpha value is -5.19. The van der Waals surface area contributed by atoms with Crippen LogP contribution >= 0.6 is 0 Å². The van der Waals surface area contributed by atoms with Crippen molar-refractivity contribution in [2.45, 2.75) is 143 Å². The van der Waals surface area contributed by atoms with Crippen molar-refractivity contribution in [3.8, 4) is 0 Å². The molecule has 2 heterocycles. The molecular weight excluding hydrogens is 854 g/mol. The average Bonchev–Trinajstić information content (AvgIpc) is 3.60. The number of nitrogens with zero attached hydrogens (tertiary/aromatic N) is 1. The fourth-order valence-electron chi connectivity index (χ4n) is 8.15. The molecule has 1 amide bonds. The van der Waals surface area contributed by atoms with E-state index < -0.39 is 67.0 Å². The highest BCUT2D eigenvalue weighted by atomic mass is 19.4. The molecule has 0 bridgehead atoms. The Kier molecular flexibility index (Phi) is 17.0. The van der Waals surface area contributed by atoms with Gasteiger partial charge >= 0.3 is 30.4 Å². The van der Waals surface area contributed by atoms with Crippen molar-refractivity contribution in [2.24, 2.45) is 4.99 Å². The quantitative estimate of drug-likeness (QED) is 0.0816. The lowest BCUT2D eigenvalue weighted by atomic mass is 9.80. The Morgan fingerprint density at radius 2 is 1.12 bits per heavy atom. The van der Waals surface area contributed by atoms with E-state index in [9.17, 15) is 45.8 Å². The second kappa shape index (κ2) is 21.2. The predicted molar refractivity (Wildman–Crippen MR) is 223 cm³/mol. The van der Waals surface area contributed by atoms with Crippen LogP contribution in [0.25, 0.3) is 11.1 Å². The summed E-state index contributed by atoms with van der Waals surface area (Å²) in [6.45, 7) is 13.3. The van der Waals surface area contributed by atoms with E-state index in [0.29, 0.717) is 24.2 Å². The molecule has 2 N–H and O–H groups in total. The van der Waals surface area contributed by atoms with Gasteiger partial charge in [-0.3, -0.25) is 0 Å². The van der Waals surface area contributed by atoms with Gasteiger partial charge in [0.2, 0.25) is 6.08 Å². The molecule has 0 saturated heterocycles. The first kappa shape index (κ1) is 51.4. The zero-order valence-electron chi connectivity index (χ0n) is 37.3. The maximum absolute atomic E-state index is 13.0. The van der Waals surface area contributed by atoms with E-state index in [1.54, 1.807) is 13.8 Å². The minimum absolute atomic E-state index is 0.117. The Balaban J connectivity index is 0.000000256. The van der Waals surface area contributed by atoms with Gasteiger partial charge in [-0.15, -0.1) is 0 Å². The van der Waals surface area contributed by atoms with Crippen molar-refractivity contribution in [1.82, 2.24) is 5.32 Å². The number of hydrogen-bond acceptors (Lipinski definition) is 11. The molecular formula is C46H56F6N2O10. The Labute approximate surface area is 368 Å². The van der Waals surface area contributed by atoms with Crippen molar-refractivity contribution in [2.75, 3.05) is 26.3 Å². The Bertz CT molecular complexity index is 2160. The van der Waals surface area contributed by atoms with Crippen LogP contribution in [0.1, 0.15) is 110 Å². The molecule has 2 spiro atoms. The molecule has 0 unspecified atom stereocenters. The molecule has 4 aliphatic rings. The number of aliphatic hydroxyl groups is 1. The molecule has 6 rings (SSSR count). The van der Waals surface area contributed by atoms with Crippen LogP contribution in [0.5, 0.6) is 0 Å². The molecule has 0 aromatic heterocycles. The zero-order valence-corrected chi connectivity index (χ0v) is 37.3. The summed E-state index contributed by atoms with van der Waals surface area (Å²) in [4.78, 5) is 50.1. The van der Waals surface area contributed by atoms with E-state index in [0.717, 1.165) is 33.4 Å². The Morgan fingerprint density at radius 1 is 0.719 bits per heavy atom. The zero-order chi connectivity index (χ0) is 47.8. The lowest BCUT2D eigenvalue weighted by Crippen LogP contribution is -2.41. The van der Waals surface area contributed by atoms with Gasteiger partial charge in [-0.2, -0.15) is 26.3 Å². The standard InChI is InChI=1S/C23H28F3NO5.C20H23F3O4.C3H5NO/c1-5-27-21(29)31-19-18(17-11-14(3)13(2)10-15(17)4)20(28)32-22(19)8-6-16(7-9-22)30-12-23(24,25)26;1-11-8-13(3)15(9-12(11)2)16-17(24)19(27-18(16)25)6-4-14(5-7-19)26-10-20(21,22)23;1-2-4-3-5/h10-11,16H,5-9,12H2,1-4H3,(H,27,29);8-9,14,24H,4-7,10H2,1-3H3;2H2,1H3. The lowest BCUT2D eigenvalue weighted by molar-refractivity contribution is -0.193. The number of alkyl halides is 6. The molecule has 0 atom stereocenters. The fourth-order valence-corrected chi connectivity index (χ4v) is 8.15. The molecule has 64 heavy (non-hydrogen) atoms. The van der Waals surface area contributed by atoms with E-state index in [-0.39, 0.29) is 74.0 Å². The highest BCUT2D eigenvalue weighted by molar-refractivity contribution is 6.21. The first-order valence-corrected chi connectivity index (χ1v) is 21.1. The monoisotopic (exact) mass is 910 g/mol. The fraction of sp³-hybridized carbons (Fsp3) is 0.565. The third-order valence-electron chi connectivity index (χ3n) is 11.7. The SMILES string of the molecule is CCN=C=O.CCNC(=O)OC1=C(c2cc(C)c(C)cc2C)C(=O)OC12CCC(OCC(F)(F)F)CC2.Cc1cc(C)c(C2=C(O)C3(CCC(OCC(F)(F)F)CC3)OC2=O)cc1C. The van der Waals surface area contributed by atoms with Crippen LogP contribution in [-0.4, -0.2) is 91.3 Å². The highest BCUT2D eigenvalue weighted by Crippen LogP contribution is 2.49. The number of carbonyl (C=O) groups is 3. The van der Waals surface area contributed by atoms with Crippen molar-refractivity contribution < 1.29 is 74.3 Å². The minimum atomic E-state index is -4.41. The van der Waals surface area contributed by atoms with Gasteiger partial charge < -0.3 is 34.1 Å². The first-order valence-electron chi connectivity index (χ1n) is 21.1. The third-order valence-corrected chi connectivity index (χ3v) is 11.7. The molecule has 2 aliphatic heterocycles.